The molecule has 1 saturated heterocycles. The van der Waals surface area contributed by atoms with Crippen molar-refractivity contribution >= 4 is 11.9 Å². The van der Waals surface area contributed by atoms with Crippen LogP contribution >= 0.6 is 0 Å². The Morgan fingerprint density at radius 3 is 2.65 bits per heavy atom. The summed E-state index contributed by atoms with van der Waals surface area (Å²) in [7, 11) is 0. The average Bonchev–Trinajstić information content (AvgIpc) is 2.45. The van der Waals surface area contributed by atoms with Crippen molar-refractivity contribution in [2.75, 3.05) is 0 Å². The number of amides is 1. The Morgan fingerprint density at radius 1 is 1.30 bits per heavy atom. The van der Waals surface area contributed by atoms with Gasteiger partial charge >= 0.3 is 5.97 Å². The Morgan fingerprint density at radius 2 is 2.00 bits per heavy atom. The van der Waals surface area contributed by atoms with Crippen molar-refractivity contribution in [3.05, 3.63) is 12.7 Å². The summed E-state index contributed by atoms with van der Waals surface area (Å²) in [5.41, 5.74) is 5.89. The zero-order valence-corrected chi connectivity index (χ0v) is 11.8. The van der Waals surface area contributed by atoms with E-state index in [9.17, 15) is 14.7 Å². The highest BCUT2D eigenvalue weighted by Gasteiger charge is 2.44. The molecule has 3 N–H and O–H groups in total. The van der Waals surface area contributed by atoms with E-state index in [1.54, 1.807) is 11.0 Å². The molecule has 2 aliphatic rings. The van der Waals surface area contributed by atoms with Crippen LogP contribution in [0, 0.1) is 5.92 Å². The van der Waals surface area contributed by atoms with Gasteiger partial charge in [-0.2, -0.15) is 0 Å². The molecule has 2 rings (SSSR count). The first-order chi connectivity index (χ1) is 9.56. The predicted molar refractivity (Wildman–Crippen MR) is 76.0 cm³/mol. The number of nitrogens with zero attached hydrogens (tertiary/aromatic N) is 1. The standard InChI is InChI=1S/C15H24N2O3/c1-2-5-11(16)14(18)17-12-7-4-3-6-10(12)8-9-13(17)15(19)20/h2,10-13H,1,3-9,16H2,(H,19,20). The van der Waals surface area contributed by atoms with Crippen LogP contribution in [0.2, 0.25) is 0 Å². The first-order valence-corrected chi connectivity index (χ1v) is 7.47. The second kappa shape index (κ2) is 6.39. The molecule has 1 aliphatic carbocycles. The molecule has 0 spiro atoms. The number of hydrogen-bond acceptors (Lipinski definition) is 3. The molecule has 112 valence electrons. The fraction of sp³-hybridized carbons (Fsp3) is 0.733. The molecule has 0 aromatic heterocycles. The predicted octanol–water partition coefficient (Wildman–Crippen LogP) is 1.52. The molecule has 0 aromatic carbocycles. The number of aliphatic carboxylic acids is 1. The summed E-state index contributed by atoms with van der Waals surface area (Å²) >= 11 is 0. The normalized spacial score (nSPS) is 31.2. The lowest BCUT2D eigenvalue weighted by atomic mass is 9.76. The van der Waals surface area contributed by atoms with E-state index in [-0.39, 0.29) is 11.9 Å². The molecule has 1 saturated carbocycles. The molecule has 2 fully saturated rings. The van der Waals surface area contributed by atoms with E-state index >= 15 is 0 Å². The Bertz CT molecular complexity index is 397. The highest BCUT2D eigenvalue weighted by molar-refractivity contribution is 5.87. The molecule has 0 bridgehead atoms. The van der Waals surface area contributed by atoms with Crippen LogP contribution in [0.25, 0.3) is 0 Å². The number of carboxylic acids is 1. The van der Waals surface area contributed by atoms with E-state index < -0.39 is 18.1 Å². The quantitative estimate of drug-likeness (QED) is 0.765. The maximum Gasteiger partial charge on any atom is 0.326 e. The maximum atomic E-state index is 12.5. The number of carbonyl (C=O) groups is 2. The molecule has 4 unspecified atom stereocenters. The van der Waals surface area contributed by atoms with Gasteiger partial charge in [0, 0.05) is 6.04 Å². The van der Waals surface area contributed by atoms with Gasteiger partial charge in [0.05, 0.1) is 6.04 Å². The van der Waals surface area contributed by atoms with Crippen molar-refractivity contribution < 1.29 is 14.7 Å². The summed E-state index contributed by atoms with van der Waals surface area (Å²) in [6, 6.07) is -1.32. The number of fused-ring (bicyclic) bond motifs is 1. The van der Waals surface area contributed by atoms with Gasteiger partial charge in [-0.1, -0.05) is 18.9 Å². The van der Waals surface area contributed by atoms with Gasteiger partial charge in [0.15, 0.2) is 0 Å². The van der Waals surface area contributed by atoms with Crippen molar-refractivity contribution in [2.24, 2.45) is 11.7 Å². The van der Waals surface area contributed by atoms with Gasteiger partial charge in [-0.15, -0.1) is 6.58 Å². The zero-order chi connectivity index (χ0) is 14.7. The highest BCUT2D eigenvalue weighted by Crippen LogP contribution is 2.38. The fourth-order valence-corrected chi connectivity index (χ4v) is 3.66. The third kappa shape index (κ3) is 2.87. The SMILES string of the molecule is C=CCC(N)C(=O)N1C(C(=O)O)CCC2CCCCC21. The second-order valence-electron chi connectivity index (χ2n) is 5.92. The Labute approximate surface area is 119 Å². The third-order valence-electron chi connectivity index (χ3n) is 4.65. The van der Waals surface area contributed by atoms with Crippen LogP contribution in [0.4, 0.5) is 0 Å². The number of hydrogen-bond donors (Lipinski definition) is 2. The number of rotatable bonds is 4. The molecule has 5 nitrogen and oxygen atoms in total. The van der Waals surface area contributed by atoms with Gasteiger partial charge in [-0.05, 0) is 38.0 Å². The van der Waals surface area contributed by atoms with E-state index in [0.29, 0.717) is 18.8 Å². The summed E-state index contributed by atoms with van der Waals surface area (Å²) in [6.45, 7) is 3.60. The van der Waals surface area contributed by atoms with Crippen LogP contribution in [-0.2, 0) is 9.59 Å². The summed E-state index contributed by atoms with van der Waals surface area (Å²) in [5.74, 6) is -0.693. The molecule has 4 atom stereocenters. The Balaban J connectivity index is 2.22. The third-order valence-corrected chi connectivity index (χ3v) is 4.65. The molecular formula is C15H24N2O3. The topological polar surface area (TPSA) is 83.6 Å². The van der Waals surface area contributed by atoms with Crippen molar-refractivity contribution in [3.63, 3.8) is 0 Å². The number of carboxylic acid groups (broad SMARTS) is 1. The highest BCUT2D eigenvalue weighted by atomic mass is 16.4. The van der Waals surface area contributed by atoms with Crippen LogP contribution in [0.3, 0.4) is 0 Å². The maximum absolute atomic E-state index is 12.5. The minimum Gasteiger partial charge on any atom is -0.480 e. The van der Waals surface area contributed by atoms with Crippen LogP contribution in [0.15, 0.2) is 12.7 Å². The lowest BCUT2D eigenvalue weighted by molar-refractivity contribution is -0.158. The number of nitrogens with two attached hydrogens (primary N) is 1. The van der Waals surface area contributed by atoms with E-state index in [0.717, 1.165) is 25.7 Å². The molecular weight excluding hydrogens is 256 g/mol. The van der Waals surface area contributed by atoms with Crippen molar-refractivity contribution in [3.8, 4) is 0 Å². The van der Waals surface area contributed by atoms with Gasteiger partial charge in [0.2, 0.25) is 5.91 Å². The fourth-order valence-electron chi connectivity index (χ4n) is 3.66. The summed E-state index contributed by atoms with van der Waals surface area (Å²) < 4.78 is 0. The van der Waals surface area contributed by atoms with E-state index in [2.05, 4.69) is 6.58 Å². The molecule has 20 heavy (non-hydrogen) atoms. The zero-order valence-electron chi connectivity index (χ0n) is 11.8. The van der Waals surface area contributed by atoms with Crippen molar-refractivity contribution in [1.82, 2.24) is 4.90 Å². The van der Waals surface area contributed by atoms with Gasteiger partial charge in [0.25, 0.3) is 0 Å². The molecule has 5 heteroatoms. The van der Waals surface area contributed by atoms with Crippen LogP contribution in [-0.4, -0.2) is 40.0 Å². The summed E-state index contributed by atoms with van der Waals surface area (Å²) in [4.78, 5) is 25.6. The van der Waals surface area contributed by atoms with Gasteiger partial charge < -0.3 is 15.7 Å². The monoisotopic (exact) mass is 280 g/mol. The number of piperidine rings is 1. The minimum atomic E-state index is -0.909. The van der Waals surface area contributed by atoms with Crippen molar-refractivity contribution in [2.45, 2.75) is 63.1 Å². The Kier molecular flexibility index (Phi) is 4.81. The average molecular weight is 280 g/mol. The van der Waals surface area contributed by atoms with Gasteiger partial charge in [-0.3, -0.25) is 4.79 Å². The molecule has 0 radical (unpaired) electrons. The lowest BCUT2D eigenvalue weighted by Crippen LogP contribution is -2.60. The summed E-state index contributed by atoms with van der Waals surface area (Å²) in [6.07, 6.45) is 7.69. The smallest absolute Gasteiger partial charge is 0.326 e. The van der Waals surface area contributed by atoms with E-state index in [1.165, 1.54) is 6.42 Å². The largest absolute Gasteiger partial charge is 0.480 e. The van der Waals surface area contributed by atoms with Crippen molar-refractivity contribution in [1.29, 1.82) is 0 Å². The van der Waals surface area contributed by atoms with Gasteiger partial charge in [0.1, 0.15) is 6.04 Å². The van der Waals surface area contributed by atoms with Crippen LogP contribution in [0.5, 0.6) is 0 Å². The molecule has 0 aromatic rings. The number of likely N-dealkylation sites (tertiary alicyclic amines) is 1. The molecule has 1 aliphatic heterocycles. The minimum absolute atomic E-state index is 0.0574. The van der Waals surface area contributed by atoms with Crippen LogP contribution in [0.1, 0.15) is 44.9 Å². The first-order valence-electron chi connectivity index (χ1n) is 7.47. The second-order valence-corrected chi connectivity index (χ2v) is 5.92. The Hall–Kier alpha value is -1.36. The lowest BCUT2D eigenvalue weighted by Gasteiger charge is -2.47. The molecule has 1 amide bonds. The van der Waals surface area contributed by atoms with Gasteiger partial charge in [-0.25, -0.2) is 4.79 Å². The first kappa shape index (κ1) is 15.0. The summed E-state index contributed by atoms with van der Waals surface area (Å²) in [5, 5.41) is 9.40. The van der Waals surface area contributed by atoms with Crippen LogP contribution < -0.4 is 5.73 Å². The molecule has 1 heterocycles. The van der Waals surface area contributed by atoms with E-state index in [4.69, 9.17) is 5.73 Å². The number of carbonyl (C=O) groups excluding carboxylic acids is 1. The van der Waals surface area contributed by atoms with E-state index in [1.807, 2.05) is 0 Å².